The minimum atomic E-state index is -0.0328. The number of carbonyl (C=O) groups is 1. The van der Waals surface area contributed by atoms with Gasteiger partial charge >= 0.3 is 0 Å². The molecule has 0 radical (unpaired) electrons. The number of nitrogens with zero attached hydrogens (tertiary/aromatic N) is 1. The largest absolute Gasteiger partial charge is 0.390 e. The fourth-order valence-corrected chi connectivity index (χ4v) is 3.43. The van der Waals surface area contributed by atoms with E-state index in [1.807, 2.05) is 10.3 Å². The van der Waals surface area contributed by atoms with Crippen LogP contribution in [0.4, 0.5) is 5.00 Å². The summed E-state index contributed by atoms with van der Waals surface area (Å²) >= 11 is 1.48. The Morgan fingerprint density at radius 2 is 1.89 bits per heavy atom. The number of likely N-dealkylation sites (tertiary alicyclic amines) is 1. The third-order valence-corrected chi connectivity index (χ3v) is 4.30. The summed E-state index contributed by atoms with van der Waals surface area (Å²) in [6.07, 6.45) is 3.45. The molecule has 1 amide bonds. The molecule has 1 aliphatic rings. The Labute approximate surface area is 113 Å². The van der Waals surface area contributed by atoms with Crippen molar-refractivity contribution in [2.45, 2.75) is 45.4 Å². The highest BCUT2D eigenvalue weighted by Gasteiger charge is 2.29. The molecular weight excluding hydrogens is 244 g/mol. The van der Waals surface area contributed by atoms with E-state index in [0.717, 1.165) is 37.1 Å². The first kappa shape index (κ1) is 13.4. The standard InChI is InChI=1S/C14H22N2OS/c1-14(2,3)10-9-18-12(15)11(10)13(17)16-7-5-4-6-8-16/h9H,4-8,15H2,1-3H3. The maximum Gasteiger partial charge on any atom is 0.257 e. The maximum atomic E-state index is 12.6. The number of thiophene rings is 1. The van der Waals surface area contributed by atoms with Gasteiger partial charge in [-0.15, -0.1) is 11.3 Å². The van der Waals surface area contributed by atoms with E-state index in [0.29, 0.717) is 5.00 Å². The summed E-state index contributed by atoms with van der Waals surface area (Å²) in [5.74, 6) is 0.123. The van der Waals surface area contributed by atoms with Crippen LogP contribution in [0.25, 0.3) is 0 Å². The fraction of sp³-hybridized carbons (Fsp3) is 0.643. The lowest BCUT2D eigenvalue weighted by Gasteiger charge is -2.28. The number of hydrogen-bond acceptors (Lipinski definition) is 3. The maximum absolute atomic E-state index is 12.6. The van der Waals surface area contributed by atoms with Gasteiger partial charge in [-0.1, -0.05) is 20.8 Å². The molecule has 1 aromatic rings. The number of nitrogens with two attached hydrogens (primary N) is 1. The van der Waals surface area contributed by atoms with Crippen LogP contribution >= 0.6 is 11.3 Å². The fourth-order valence-electron chi connectivity index (χ4n) is 2.40. The van der Waals surface area contributed by atoms with Crippen LogP contribution in [0.3, 0.4) is 0 Å². The third-order valence-electron chi connectivity index (χ3n) is 3.48. The molecule has 1 saturated heterocycles. The minimum absolute atomic E-state index is 0.0328. The molecule has 0 aliphatic carbocycles. The van der Waals surface area contributed by atoms with Crippen LogP contribution in [0, 0.1) is 0 Å². The van der Waals surface area contributed by atoms with E-state index in [9.17, 15) is 4.79 Å². The van der Waals surface area contributed by atoms with Crippen LogP contribution in [0.1, 0.15) is 56.0 Å². The topological polar surface area (TPSA) is 46.3 Å². The van der Waals surface area contributed by atoms with Crippen LogP contribution in [0.15, 0.2) is 5.38 Å². The second-order valence-electron chi connectivity index (χ2n) is 5.99. The van der Waals surface area contributed by atoms with E-state index in [1.165, 1.54) is 17.8 Å². The summed E-state index contributed by atoms with van der Waals surface area (Å²) < 4.78 is 0. The van der Waals surface area contributed by atoms with Crippen LogP contribution in [-0.4, -0.2) is 23.9 Å². The molecule has 0 atom stereocenters. The van der Waals surface area contributed by atoms with E-state index < -0.39 is 0 Å². The van der Waals surface area contributed by atoms with Crippen molar-refractivity contribution in [2.75, 3.05) is 18.8 Å². The predicted molar refractivity (Wildman–Crippen MR) is 77.2 cm³/mol. The Hall–Kier alpha value is -1.03. The number of rotatable bonds is 1. The summed E-state index contributed by atoms with van der Waals surface area (Å²) in [6.45, 7) is 8.12. The third kappa shape index (κ3) is 2.53. The quantitative estimate of drug-likeness (QED) is 0.848. The highest BCUT2D eigenvalue weighted by Crippen LogP contribution is 2.35. The van der Waals surface area contributed by atoms with E-state index in [2.05, 4.69) is 20.8 Å². The number of nitrogen functional groups attached to an aromatic ring is 1. The number of anilines is 1. The monoisotopic (exact) mass is 266 g/mol. The number of amides is 1. The summed E-state index contributed by atoms with van der Waals surface area (Å²) in [7, 11) is 0. The average Bonchev–Trinajstić information content (AvgIpc) is 2.71. The zero-order valence-corrected chi connectivity index (χ0v) is 12.3. The molecule has 0 saturated carbocycles. The molecule has 0 bridgehead atoms. The molecule has 0 spiro atoms. The number of piperidine rings is 1. The second-order valence-corrected chi connectivity index (χ2v) is 6.90. The minimum Gasteiger partial charge on any atom is -0.390 e. The van der Waals surface area contributed by atoms with Crippen molar-refractivity contribution in [3.05, 3.63) is 16.5 Å². The zero-order chi connectivity index (χ0) is 13.3. The van der Waals surface area contributed by atoms with E-state index in [4.69, 9.17) is 5.73 Å². The van der Waals surface area contributed by atoms with E-state index >= 15 is 0 Å². The van der Waals surface area contributed by atoms with Gasteiger partial charge in [0.05, 0.1) is 10.6 Å². The molecule has 100 valence electrons. The number of hydrogen-bond donors (Lipinski definition) is 1. The summed E-state index contributed by atoms with van der Waals surface area (Å²) in [5, 5.41) is 2.70. The Morgan fingerprint density at radius 1 is 1.28 bits per heavy atom. The van der Waals surface area contributed by atoms with Crippen molar-refractivity contribution in [1.82, 2.24) is 4.90 Å². The molecule has 4 heteroatoms. The molecule has 1 aliphatic heterocycles. The van der Waals surface area contributed by atoms with Crippen LogP contribution < -0.4 is 5.73 Å². The van der Waals surface area contributed by atoms with Crippen molar-refractivity contribution in [1.29, 1.82) is 0 Å². The second kappa shape index (κ2) is 4.92. The van der Waals surface area contributed by atoms with Crippen molar-refractivity contribution in [3.8, 4) is 0 Å². The lowest BCUT2D eigenvalue weighted by molar-refractivity contribution is 0.0723. The number of carbonyl (C=O) groups excluding carboxylic acids is 1. The molecular formula is C14H22N2OS. The van der Waals surface area contributed by atoms with E-state index in [1.54, 1.807) is 0 Å². The smallest absolute Gasteiger partial charge is 0.257 e. The first-order chi connectivity index (χ1) is 8.41. The highest BCUT2D eigenvalue weighted by molar-refractivity contribution is 7.14. The molecule has 1 fully saturated rings. The van der Waals surface area contributed by atoms with Gasteiger partial charge in [0.2, 0.25) is 0 Å². The Bertz CT molecular complexity index is 439. The average molecular weight is 266 g/mol. The SMILES string of the molecule is CC(C)(C)c1csc(N)c1C(=O)N1CCCCC1. The lowest BCUT2D eigenvalue weighted by atomic mass is 9.85. The van der Waals surface area contributed by atoms with Crippen molar-refractivity contribution < 1.29 is 4.79 Å². The van der Waals surface area contributed by atoms with Gasteiger partial charge in [-0.3, -0.25) is 4.79 Å². The van der Waals surface area contributed by atoms with Crippen molar-refractivity contribution >= 4 is 22.2 Å². The van der Waals surface area contributed by atoms with Crippen LogP contribution in [0.2, 0.25) is 0 Å². The van der Waals surface area contributed by atoms with Gasteiger partial charge in [0.25, 0.3) is 5.91 Å². The molecule has 2 rings (SSSR count). The van der Waals surface area contributed by atoms with Gasteiger partial charge in [0, 0.05) is 13.1 Å². The predicted octanol–water partition coefficient (Wildman–Crippen LogP) is 3.25. The zero-order valence-electron chi connectivity index (χ0n) is 11.5. The molecule has 0 unspecified atom stereocenters. The summed E-state index contributed by atoms with van der Waals surface area (Å²) in [6, 6.07) is 0. The van der Waals surface area contributed by atoms with Gasteiger partial charge in [-0.25, -0.2) is 0 Å². The molecule has 18 heavy (non-hydrogen) atoms. The van der Waals surface area contributed by atoms with Crippen LogP contribution in [-0.2, 0) is 5.41 Å². The van der Waals surface area contributed by atoms with Crippen molar-refractivity contribution in [3.63, 3.8) is 0 Å². The highest BCUT2D eigenvalue weighted by atomic mass is 32.1. The van der Waals surface area contributed by atoms with Gasteiger partial charge < -0.3 is 10.6 Å². The molecule has 0 aromatic carbocycles. The summed E-state index contributed by atoms with van der Waals surface area (Å²) in [4.78, 5) is 14.6. The first-order valence-corrected chi connectivity index (χ1v) is 7.46. The molecule has 2 heterocycles. The van der Waals surface area contributed by atoms with Gasteiger partial charge in [-0.05, 0) is 35.6 Å². The van der Waals surface area contributed by atoms with Crippen molar-refractivity contribution in [2.24, 2.45) is 0 Å². The van der Waals surface area contributed by atoms with Gasteiger partial charge in [0.15, 0.2) is 0 Å². The van der Waals surface area contributed by atoms with Crippen LogP contribution in [0.5, 0.6) is 0 Å². The Kier molecular flexibility index (Phi) is 3.66. The Morgan fingerprint density at radius 3 is 2.44 bits per heavy atom. The molecule has 3 nitrogen and oxygen atoms in total. The normalized spacial score (nSPS) is 16.9. The Balaban J connectivity index is 2.32. The summed E-state index contributed by atoms with van der Waals surface area (Å²) in [5.41, 5.74) is 7.81. The molecule has 1 aromatic heterocycles. The molecule has 2 N–H and O–H groups in total. The van der Waals surface area contributed by atoms with Gasteiger partial charge in [-0.2, -0.15) is 0 Å². The first-order valence-electron chi connectivity index (χ1n) is 6.58. The van der Waals surface area contributed by atoms with Gasteiger partial charge in [0.1, 0.15) is 0 Å². The van der Waals surface area contributed by atoms with E-state index in [-0.39, 0.29) is 11.3 Å². The lowest BCUT2D eigenvalue weighted by Crippen LogP contribution is -2.36.